The van der Waals surface area contributed by atoms with E-state index in [0.29, 0.717) is 0 Å². The molecule has 17 heavy (non-hydrogen) atoms. The van der Waals surface area contributed by atoms with Gasteiger partial charge in [0.25, 0.3) is 0 Å². The number of carbonyl (C=O) groups is 1. The normalized spacial score (nSPS) is 24.5. The molecule has 1 unspecified atom stereocenters. The van der Waals surface area contributed by atoms with Crippen molar-refractivity contribution in [2.24, 2.45) is 10.9 Å². The topological polar surface area (TPSA) is 38.7 Å². The van der Waals surface area contributed by atoms with E-state index in [0.717, 1.165) is 11.3 Å². The predicted octanol–water partition coefficient (Wildman–Crippen LogP) is 2.45. The van der Waals surface area contributed by atoms with Crippen LogP contribution in [-0.2, 0) is 9.53 Å². The molecule has 0 N–H and O–H groups in total. The molecular weight excluding hydrogens is 214 g/mol. The van der Waals surface area contributed by atoms with Crippen molar-refractivity contribution < 1.29 is 9.53 Å². The Morgan fingerprint density at radius 1 is 1.24 bits per heavy atom. The third-order valence-corrected chi connectivity index (χ3v) is 2.86. The van der Waals surface area contributed by atoms with E-state index in [1.54, 1.807) is 6.92 Å². The number of ether oxygens (including phenoxy) is 1. The van der Waals surface area contributed by atoms with Gasteiger partial charge < -0.3 is 4.74 Å². The molecule has 1 aromatic carbocycles. The molecule has 0 bridgehead atoms. The largest absolute Gasteiger partial charge is 0.454 e. The highest BCUT2D eigenvalue weighted by atomic mass is 16.5. The Kier molecular flexibility index (Phi) is 3.27. The van der Waals surface area contributed by atoms with Crippen LogP contribution in [0.1, 0.15) is 26.3 Å². The highest BCUT2D eigenvalue weighted by Crippen LogP contribution is 2.21. The fourth-order valence-corrected chi connectivity index (χ4v) is 1.91. The molecule has 3 heteroatoms. The Hall–Kier alpha value is -1.64. The SMILES string of the molecule is CC1N=C(c2ccccc2)[C@@H](C(C)C)OC1=O. The summed E-state index contributed by atoms with van der Waals surface area (Å²) < 4.78 is 5.46. The van der Waals surface area contributed by atoms with Crippen LogP contribution in [0.15, 0.2) is 35.3 Å². The lowest BCUT2D eigenvalue weighted by atomic mass is 9.95. The van der Waals surface area contributed by atoms with Crippen LogP contribution in [0.25, 0.3) is 0 Å². The van der Waals surface area contributed by atoms with E-state index in [1.165, 1.54) is 0 Å². The Balaban J connectivity index is 2.41. The summed E-state index contributed by atoms with van der Waals surface area (Å²) in [4.78, 5) is 16.0. The van der Waals surface area contributed by atoms with E-state index in [-0.39, 0.29) is 18.0 Å². The second-order valence-corrected chi connectivity index (χ2v) is 4.66. The molecule has 1 aliphatic rings. The number of cyclic esters (lactones) is 1. The van der Waals surface area contributed by atoms with Crippen molar-refractivity contribution in [1.29, 1.82) is 0 Å². The molecule has 1 aromatic rings. The Morgan fingerprint density at radius 2 is 1.88 bits per heavy atom. The van der Waals surface area contributed by atoms with Gasteiger partial charge in [0.2, 0.25) is 0 Å². The van der Waals surface area contributed by atoms with Crippen molar-refractivity contribution in [3.05, 3.63) is 35.9 Å². The first-order valence-electron chi connectivity index (χ1n) is 5.93. The molecular formula is C14H17NO2. The third kappa shape index (κ3) is 2.38. The maximum atomic E-state index is 11.6. The summed E-state index contributed by atoms with van der Waals surface area (Å²) in [6.45, 7) is 5.83. The lowest BCUT2D eigenvalue weighted by molar-refractivity contribution is -0.149. The molecule has 0 amide bonds. The van der Waals surface area contributed by atoms with Crippen LogP contribution < -0.4 is 0 Å². The van der Waals surface area contributed by atoms with Crippen LogP contribution >= 0.6 is 0 Å². The van der Waals surface area contributed by atoms with Crippen LogP contribution in [0, 0.1) is 5.92 Å². The minimum Gasteiger partial charge on any atom is -0.454 e. The fraction of sp³-hybridized carbons (Fsp3) is 0.429. The lowest BCUT2D eigenvalue weighted by Crippen LogP contribution is -2.41. The molecule has 90 valence electrons. The molecule has 0 spiro atoms. The minimum absolute atomic E-state index is 0.227. The van der Waals surface area contributed by atoms with Crippen LogP contribution in [0.5, 0.6) is 0 Å². The molecule has 3 nitrogen and oxygen atoms in total. The van der Waals surface area contributed by atoms with E-state index in [4.69, 9.17) is 4.74 Å². The maximum absolute atomic E-state index is 11.6. The van der Waals surface area contributed by atoms with Gasteiger partial charge >= 0.3 is 5.97 Å². The summed E-state index contributed by atoms with van der Waals surface area (Å²) >= 11 is 0. The second-order valence-electron chi connectivity index (χ2n) is 4.66. The fourth-order valence-electron chi connectivity index (χ4n) is 1.91. The number of rotatable bonds is 2. The first-order chi connectivity index (χ1) is 8.09. The van der Waals surface area contributed by atoms with Crippen LogP contribution in [-0.4, -0.2) is 23.8 Å². The smallest absolute Gasteiger partial charge is 0.331 e. The zero-order valence-electron chi connectivity index (χ0n) is 10.4. The quantitative estimate of drug-likeness (QED) is 0.733. The highest BCUT2D eigenvalue weighted by molar-refractivity contribution is 6.07. The lowest BCUT2D eigenvalue weighted by Gasteiger charge is -2.29. The average Bonchev–Trinajstić information content (AvgIpc) is 2.33. The molecule has 2 atom stereocenters. The zero-order valence-corrected chi connectivity index (χ0v) is 10.4. The van der Waals surface area contributed by atoms with E-state index in [2.05, 4.69) is 4.99 Å². The van der Waals surface area contributed by atoms with Crippen molar-refractivity contribution in [3.8, 4) is 0 Å². The summed E-state index contributed by atoms with van der Waals surface area (Å²) in [7, 11) is 0. The van der Waals surface area contributed by atoms with Gasteiger partial charge in [-0.05, 0) is 18.4 Å². The van der Waals surface area contributed by atoms with Crippen LogP contribution in [0.2, 0.25) is 0 Å². The molecule has 0 saturated heterocycles. The van der Waals surface area contributed by atoms with Crippen molar-refractivity contribution in [3.63, 3.8) is 0 Å². The Bertz CT molecular complexity index is 437. The second kappa shape index (κ2) is 4.70. The van der Waals surface area contributed by atoms with Gasteiger partial charge in [0, 0.05) is 0 Å². The standard InChI is InChI=1S/C14H17NO2/c1-9(2)13-12(11-7-5-4-6-8-11)15-10(3)14(16)17-13/h4-10,13H,1-3H3/t10?,13-/m1/s1. The highest BCUT2D eigenvalue weighted by Gasteiger charge is 2.32. The maximum Gasteiger partial charge on any atom is 0.331 e. The van der Waals surface area contributed by atoms with Gasteiger partial charge in [0.05, 0.1) is 5.71 Å². The number of aliphatic imine (C=N–C) groups is 1. The molecule has 1 aliphatic heterocycles. The number of hydrogen-bond acceptors (Lipinski definition) is 3. The average molecular weight is 231 g/mol. The first-order valence-corrected chi connectivity index (χ1v) is 5.93. The van der Waals surface area contributed by atoms with Gasteiger partial charge in [-0.15, -0.1) is 0 Å². The summed E-state index contributed by atoms with van der Waals surface area (Å²) in [6.07, 6.45) is -0.235. The summed E-state index contributed by atoms with van der Waals surface area (Å²) in [5.74, 6) is -0.00575. The van der Waals surface area contributed by atoms with Gasteiger partial charge in [-0.3, -0.25) is 4.99 Å². The summed E-state index contributed by atoms with van der Waals surface area (Å²) in [5.41, 5.74) is 1.92. The van der Waals surface area contributed by atoms with Gasteiger partial charge in [-0.1, -0.05) is 44.2 Å². The predicted molar refractivity (Wildman–Crippen MR) is 67.2 cm³/mol. The molecule has 0 radical (unpaired) electrons. The van der Waals surface area contributed by atoms with Crippen LogP contribution in [0.3, 0.4) is 0 Å². The van der Waals surface area contributed by atoms with E-state index < -0.39 is 6.04 Å². The van der Waals surface area contributed by atoms with Gasteiger partial charge in [-0.2, -0.15) is 0 Å². The molecule has 1 heterocycles. The number of hydrogen-bond donors (Lipinski definition) is 0. The van der Waals surface area contributed by atoms with Crippen molar-refractivity contribution >= 4 is 11.7 Å². The molecule has 0 aromatic heterocycles. The molecule has 0 fully saturated rings. The van der Waals surface area contributed by atoms with E-state index in [1.807, 2.05) is 44.2 Å². The summed E-state index contributed by atoms with van der Waals surface area (Å²) in [6, 6.07) is 9.50. The van der Waals surface area contributed by atoms with Gasteiger partial charge in [0.1, 0.15) is 12.1 Å². The van der Waals surface area contributed by atoms with Crippen molar-refractivity contribution in [1.82, 2.24) is 0 Å². The monoisotopic (exact) mass is 231 g/mol. The number of carbonyl (C=O) groups excluding carboxylic acids is 1. The molecule has 2 rings (SSSR count). The van der Waals surface area contributed by atoms with Crippen LogP contribution in [0.4, 0.5) is 0 Å². The number of nitrogens with zero attached hydrogens (tertiary/aromatic N) is 1. The van der Waals surface area contributed by atoms with Gasteiger partial charge in [-0.25, -0.2) is 4.79 Å². The molecule has 0 aliphatic carbocycles. The summed E-state index contributed by atoms with van der Waals surface area (Å²) in [5, 5.41) is 0. The third-order valence-electron chi connectivity index (χ3n) is 2.86. The molecule has 0 saturated carbocycles. The number of benzene rings is 1. The van der Waals surface area contributed by atoms with Crippen molar-refractivity contribution in [2.75, 3.05) is 0 Å². The Labute approximate surface area is 102 Å². The van der Waals surface area contributed by atoms with E-state index >= 15 is 0 Å². The van der Waals surface area contributed by atoms with E-state index in [9.17, 15) is 4.79 Å². The first kappa shape index (κ1) is 11.8. The number of esters is 1. The van der Waals surface area contributed by atoms with Crippen molar-refractivity contribution in [2.45, 2.75) is 32.9 Å². The minimum atomic E-state index is -0.403. The Morgan fingerprint density at radius 3 is 2.47 bits per heavy atom. The zero-order chi connectivity index (χ0) is 12.4. The van der Waals surface area contributed by atoms with Gasteiger partial charge in [0.15, 0.2) is 0 Å².